The second-order valence-electron chi connectivity index (χ2n) is 5.64. The summed E-state index contributed by atoms with van der Waals surface area (Å²) in [5, 5.41) is 10.5. The first-order valence-corrected chi connectivity index (χ1v) is 7.23. The molecule has 110 valence electrons. The van der Waals surface area contributed by atoms with E-state index in [9.17, 15) is 14.7 Å². The number of nitrogens with zero attached hydrogens (tertiary/aromatic N) is 1. The molecule has 1 aliphatic rings. The van der Waals surface area contributed by atoms with Gasteiger partial charge in [0.2, 0.25) is 5.88 Å². The van der Waals surface area contributed by atoms with Gasteiger partial charge in [0.05, 0.1) is 0 Å². The molecular formula is C16H18N2O3. The van der Waals surface area contributed by atoms with Crippen LogP contribution in [-0.4, -0.2) is 14.7 Å². The molecule has 2 N–H and O–H groups in total. The Morgan fingerprint density at radius 3 is 2.62 bits per heavy atom. The van der Waals surface area contributed by atoms with Gasteiger partial charge in [-0.2, -0.15) is 0 Å². The Kier molecular flexibility index (Phi) is 3.41. The summed E-state index contributed by atoms with van der Waals surface area (Å²) in [6.07, 6.45) is 3.78. The van der Waals surface area contributed by atoms with Crippen LogP contribution >= 0.6 is 0 Å². The van der Waals surface area contributed by atoms with Crippen LogP contribution in [0.2, 0.25) is 0 Å². The highest BCUT2D eigenvalue weighted by Crippen LogP contribution is 2.33. The first kappa shape index (κ1) is 13.7. The maximum Gasteiger partial charge on any atom is 0.331 e. The molecule has 0 spiro atoms. The van der Waals surface area contributed by atoms with Crippen LogP contribution in [0.3, 0.4) is 0 Å². The fourth-order valence-corrected chi connectivity index (χ4v) is 3.10. The highest BCUT2D eigenvalue weighted by Gasteiger charge is 2.24. The summed E-state index contributed by atoms with van der Waals surface area (Å²) in [6, 6.07) is 7.31. The molecular weight excluding hydrogens is 268 g/mol. The summed E-state index contributed by atoms with van der Waals surface area (Å²) >= 11 is 0. The zero-order valence-electron chi connectivity index (χ0n) is 11.9. The van der Waals surface area contributed by atoms with Crippen molar-refractivity contribution in [1.82, 2.24) is 9.55 Å². The fraction of sp³-hybridized carbons (Fsp3) is 0.375. The lowest BCUT2D eigenvalue weighted by molar-refractivity contribution is 0.365. The summed E-state index contributed by atoms with van der Waals surface area (Å²) in [5.41, 5.74) is 0.716. The van der Waals surface area contributed by atoms with Crippen molar-refractivity contribution in [3.63, 3.8) is 0 Å². The van der Waals surface area contributed by atoms with Gasteiger partial charge in [-0.3, -0.25) is 14.3 Å². The van der Waals surface area contributed by atoms with Gasteiger partial charge < -0.3 is 5.11 Å². The Labute approximate surface area is 121 Å². The number of nitrogens with one attached hydrogen (secondary N) is 1. The zero-order chi connectivity index (χ0) is 15.0. The van der Waals surface area contributed by atoms with E-state index in [1.54, 1.807) is 6.07 Å². The molecule has 0 bridgehead atoms. The van der Waals surface area contributed by atoms with Crippen molar-refractivity contribution in [2.75, 3.05) is 0 Å². The van der Waals surface area contributed by atoms with Crippen molar-refractivity contribution < 1.29 is 5.11 Å². The zero-order valence-corrected chi connectivity index (χ0v) is 11.9. The van der Waals surface area contributed by atoms with Crippen molar-refractivity contribution in [1.29, 1.82) is 0 Å². The quantitative estimate of drug-likeness (QED) is 0.889. The van der Waals surface area contributed by atoms with E-state index in [1.807, 2.05) is 25.1 Å². The monoisotopic (exact) mass is 286 g/mol. The number of hydrogen-bond donors (Lipinski definition) is 2. The van der Waals surface area contributed by atoms with Gasteiger partial charge in [-0.15, -0.1) is 0 Å². The summed E-state index contributed by atoms with van der Waals surface area (Å²) in [4.78, 5) is 26.5. The Balaban J connectivity index is 2.23. The van der Waals surface area contributed by atoms with E-state index in [0.29, 0.717) is 5.56 Å². The van der Waals surface area contributed by atoms with Crippen molar-refractivity contribution >= 4 is 0 Å². The normalized spacial score (nSPS) is 15.5. The molecule has 0 amide bonds. The number of rotatable bonds is 2. The summed E-state index contributed by atoms with van der Waals surface area (Å²) < 4.78 is 1.34. The predicted molar refractivity (Wildman–Crippen MR) is 80.7 cm³/mol. The van der Waals surface area contributed by atoms with E-state index in [2.05, 4.69) is 4.98 Å². The summed E-state index contributed by atoms with van der Waals surface area (Å²) in [6.45, 7) is 1.92. The molecule has 1 fully saturated rings. The summed E-state index contributed by atoms with van der Waals surface area (Å²) in [5.74, 6) is -0.221. The van der Waals surface area contributed by atoms with E-state index in [1.165, 1.54) is 4.57 Å². The van der Waals surface area contributed by atoms with Crippen molar-refractivity contribution in [3.05, 3.63) is 50.7 Å². The minimum absolute atomic E-state index is 0.0297. The first-order valence-electron chi connectivity index (χ1n) is 7.23. The van der Waals surface area contributed by atoms with Crippen LogP contribution in [0.25, 0.3) is 11.1 Å². The summed E-state index contributed by atoms with van der Waals surface area (Å²) in [7, 11) is 0. The molecule has 0 saturated heterocycles. The topological polar surface area (TPSA) is 75.1 Å². The van der Waals surface area contributed by atoms with Crippen molar-refractivity contribution in [2.24, 2.45) is 0 Å². The average Bonchev–Trinajstić information content (AvgIpc) is 2.92. The molecule has 1 saturated carbocycles. The van der Waals surface area contributed by atoms with Gasteiger partial charge in [0.15, 0.2) is 0 Å². The molecule has 0 aliphatic heterocycles. The molecule has 1 aliphatic carbocycles. The fourth-order valence-electron chi connectivity index (χ4n) is 3.10. The van der Waals surface area contributed by atoms with Gasteiger partial charge >= 0.3 is 5.69 Å². The molecule has 1 aromatic carbocycles. The maximum atomic E-state index is 12.1. The van der Waals surface area contributed by atoms with Crippen LogP contribution in [0.4, 0.5) is 0 Å². The molecule has 5 heteroatoms. The third-order valence-corrected chi connectivity index (χ3v) is 4.11. The van der Waals surface area contributed by atoms with Crippen LogP contribution in [0.1, 0.15) is 37.3 Å². The van der Waals surface area contributed by atoms with E-state index in [-0.39, 0.29) is 17.5 Å². The van der Waals surface area contributed by atoms with Crippen LogP contribution in [0, 0.1) is 6.92 Å². The SMILES string of the molecule is Cc1cccc(-c2c(O)n(C3CCCC3)c(=O)[nH]c2=O)c1. The number of hydrogen-bond acceptors (Lipinski definition) is 3. The molecule has 5 nitrogen and oxygen atoms in total. The van der Waals surface area contributed by atoms with Gasteiger partial charge in [0.25, 0.3) is 5.56 Å². The maximum absolute atomic E-state index is 12.1. The third kappa shape index (κ3) is 2.39. The largest absolute Gasteiger partial charge is 0.494 e. The standard InChI is InChI=1S/C16H18N2O3/c1-10-5-4-6-11(9-10)13-14(19)17-16(21)18(15(13)20)12-7-2-3-8-12/h4-6,9,12,20H,2-3,7-8H2,1H3,(H,17,19,21). The molecule has 0 atom stereocenters. The van der Waals surface area contributed by atoms with E-state index >= 15 is 0 Å². The van der Waals surface area contributed by atoms with Gasteiger partial charge in [-0.1, -0.05) is 42.7 Å². The van der Waals surface area contributed by atoms with Gasteiger partial charge in [-0.05, 0) is 25.3 Å². The molecule has 0 unspecified atom stereocenters. The van der Waals surface area contributed by atoms with E-state index < -0.39 is 11.2 Å². The number of aromatic nitrogens is 2. The Morgan fingerprint density at radius 2 is 1.95 bits per heavy atom. The number of aryl methyl sites for hydroxylation is 1. The van der Waals surface area contributed by atoms with Crippen molar-refractivity contribution in [2.45, 2.75) is 38.6 Å². The molecule has 2 aromatic rings. The Bertz CT molecular complexity index is 783. The minimum Gasteiger partial charge on any atom is -0.494 e. The lowest BCUT2D eigenvalue weighted by Gasteiger charge is -2.17. The van der Waals surface area contributed by atoms with Crippen LogP contribution in [-0.2, 0) is 0 Å². The number of aromatic hydroxyl groups is 1. The second-order valence-corrected chi connectivity index (χ2v) is 5.64. The van der Waals surface area contributed by atoms with Gasteiger partial charge in [-0.25, -0.2) is 4.79 Å². The smallest absolute Gasteiger partial charge is 0.331 e. The third-order valence-electron chi connectivity index (χ3n) is 4.11. The molecule has 0 radical (unpaired) electrons. The van der Waals surface area contributed by atoms with Crippen LogP contribution < -0.4 is 11.2 Å². The molecule has 1 heterocycles. The van der Waals surface area contributed by atoms with Gasteiger partial charge in [0, 0.05) is 6.04 Å². The number of aromatic amines is 1. The Hall–Kier alpha value is -2.30. The highest BCUT2D eigenvalue weighted by molar-refractivity contribution is 5.67. The molecule has 3 rings (SSSR count). The van der Waals surface area contributed by atoms with E-state index in [4.69, 9.17) is 0 Å². The highest BCUT2D eigenvalue weighted by atomic mass is 16.3. The minimum atomic E-state index is -0.544. The molecule has 1 aromatic heterocycles. The van der Waals surface area contributed by atoms with Crippen LogP contribution in [0.15, 0.2) is 33.9 Å². The van der Waals surface area contributed by atoms with Crippen molar-refractivity contribution in [3.8, 4) is 17.0 Å². The average molecular weight is 286 g/mol. The van der Waals surface area contributed by atoms with Gasteiger partial charge in [0.1, 0.15) is 5.56 Å². The number of H-pyrrole nitrogens is 1. The lowest BCUT2D eigenvalue weighted by atomic mass is 10.1. The predicted octanol–water partition coefficient (Wildman–Crippen LogP) is 2.33. The number of benzene rings is 1. The lowest BCUT2D eigenvalue weighted by Crippen LogP contribution is -2.32. The van der Waals surface area contributed by atoms with Crippen LogP contribution in [0.5, 0.6) is 5.88 Å². The van der Waals surface area contributed by atoms with E-state index in [0.717, 1.165) is 31.2 Å². The second kappa shape index (κ2) is 5.24. The first-order chi connectivity index (χ1) is 10.1. The molecule has 21 heavy (non-hydrogen) atoms. The Morgan fingerprint density at radius 1 is 1.24 bits per heavy atom.